The van der Waals surface area contributed by atoms with E-state index in [0.29, 0.717) is 24.2 Å². The van der Waals surface area contributed by atoms with E-state index in [9.17, 15) is 9.18 Å². The number of nitrogens with one attached hydrogen (secondary N) is 2. The first-order valence-corrected chi connectivity index (χ1v) is 7.06. The zero-order valence-corrected chi connectivity index (χ0v) is 12.0. The Kier molecular flexibility index (Phi) is 4.72. The lowest BCUT2D eigenvalue weighted by Crippen LogP contribution is -2.16. The third-order valence-electron chi connectivity index (χ3n) is 2.47. The molecule has 2 heterocycles. The highest BCUT2D eigenvalue weighted by molar-refractivity contribution is 7.99. The maximum absolute atomic E-state index is 13.7. The molecular weight excluding hydrogens is 283 g/mol. The highest BCUT2D eigenvalue weighted by Crippen LogP contribution is 2.26. The van der Waals surface area contributed by atoms with Crippen LogP contribution in [0.5, 0.6) is 0 Å². The van der Waals surface area contributed by atoms with Gasteiger partial charge in [-0.3, -0.25) is 4.57 Å². The van der Waals surface area contributed by atoms with E-state index in [1.165, 1.54) is 4.57 Å². The van der Waals surface area contributed by atoms with Gasteiger partial charge in [0, 0.05) is 13.1 Å². The van der Waals surface area contributed by atoms with Gasteiger partial charge in [0.25, 0.3) is 0 Å². The van der Waals surface area contributed by atoms with Gasteiger partial charge in [-0.1, -0.05) is 6.92 Å². The number of aromatic amines is 1. The molecule has 0 radical (unpaired) electrons. The van der Waals surface area contributed by atoms with Crippen molar-refractivity contribution in [3.63, 3.8) is 0 Å². The predicted octanol–water partition coefficient (Wildman–Crippen LogP) is 1.49. The molecule has 2 aromatic heterocycles. The zero-order valence-electron chi connectivity index (χ0n) is 11.2. The van der Waals surface area contributed by atoms with E-state index < -0.39 is 5.82 Å². The molecule has 0 bridgehead atoms. The van der Waals surface area contributed by atoms with Crippen LogP contribution in [0.25, 0.3) is 0 Å². The van der Waals surface area contributed by atoms with Crippen LogP contribution in [-0.4, -0.2) is 31.3 Å². The Labute approximate surface area is 119 Å². The van der Waals surface area contributed by atoms with Gasteiger partial charge in [-0.15, -0.1) is 5.10 Å². The molecule has 9 heteroatoms. The van der Waals surface area contributed by atoms with Crippen molar-refractivity contribution >= 4 is 17.7 Å². The van der Waals surface area contributed by atoms with E-state index in [2.05, 4.69) is 25.5 Å². The predicted molar refractivity (Wildman–Crippen MR) is 73.4 cm³/mol. The van der Waals surface area contributed by atoms with Crippen LogP contribution in [0.1, 0.15) is 20.3 Å². The summed E-state index contributed by atoms with van der Waals surface area (Å²) in [4.78, 5) is 19.4. The highest BCUT2D eigenvalue weighted by Gasteiger charge is 2.14. The van der Waals surface area contributed by atoms with Crippen molar-refractivity contribution in [2.75, 3.05) is 11.9 Å². The molecule has 0 fully saturated rings. The minimum atomic E-state index is -0.546. The van der Waals surface area contributed by atoms with Gasteiger partial charge in [0.1, 0.15) is 5.03 Å². The summed E-state index contributed by atoms with van der Waals surface area (Å²) in [5.74, 6) is -0.188. The number of aromatic nitrogens is 5. The van der Waals surface area contributed by atoms with Gasteiger partial charge in [0.15, 0.2) is 11.0 Å². The van der Waals surface area contributed by atoms with Crippen molar-refractivity contribution in [1.29, 1.82) is 0 Å². The molecule has 0 saturated heterocycles. The molecule has 20 heavy (non-hydrogen) atoms. The number of anilines is 1. The summed E-state index contributed by atoms with van der Waals surface area (Å²) in [6, 6.07) is 0. The molecule has 0 amide bonds. The summed E-state index contributed by atoms with van der Waals surface area (Å²) in [6.45, 7) is 4.98. The standard InChI is InChI=1S/C11H15FN6OS/c1-3-5-13-9-14-6-7(12)8(15-9)20-11-17-16-10(19)18(11)4-2/h6H,3-5H2,1-2H3,(H,16,19)(H,13,14,15). The third-order valence-corrected chi connectivity index (χ3v) is 3.45. The van der Waals surface area contributed by atoms with Crippen LogP contribution in [0.4, 0.5) is 10.3 Å². The van der Waals surface area contributed by atoms with Crippen molar-refractivity contribution in [1.82, 2.24) is 24.7 Å². The molecule has 0 atom stereocenters. The molecule has 7 nitrogen and oxygen atoms in total. The van der Waals surface area contributed by atoms with Gasteiger partial charge in [0.2, 0.25) is 5.95 Å². The highest BCUT2D eigenvalue weighted by atomic mass is 32.2. The second kappa shape index (κ2) is 6.51. The fraction of sp³-hybridized carbons (Fsp3) is 0.455. The van der Waals surface area contributed by atoms with Crippen molar-refractivity contribution in [2.24, 2.45) is 0 Å². The van der Waals surface area contributed by atoms with Crippen molar-refractivity contribution < 1.29 is 4.39 Å². The Balaban J connectivity index is 2.25. The van der Waals surface area contributed by atoms with Crippen LogP contribution >= 0.6 is 11.8 Å². The van der Waals surface area contributed by atoms with Gasteiger partial charge in [0.05, 0.1) is 6.20 Å². The topological polar surface area (TPSA) is 88.5 Å². The Morgan fingerprint density at radius 2 is 2.30 bits per heavy atom. The van der Waals surface area contributed by atoms with Crippen molar-refractivity contribution in [3.05, 3.63) is 22.5 Å². The van der Waals surface area contributed by atoms with E-state index in [0.717, 1.165) is 24.4 Å². The van der Waals surface area contributed by atoms with Crippen LogP contribution in [0.3, 0.4) is 0 Å². The first-order chi connectivity index (χ1) is 9.65. The van der Waals surface area contributed by atoms with Crippen LogP contribution in [0, 0.1) is 5.82 Å². The monoisotopic (exact) mass is 298 g/mol. The number of hydrogen-bond acceptors (Lipinski definition) is 6. The van der Waals surface area contributed by atoms with E-state index in [1.807, 2.05) is 13.8 Å². The second-order valence-electron chi connectivity index (χ2n) is 3.93. The normalized spacial score (nSPS) is 10.8. The first kappa shape index (κ1) is 14.5. The Bertz CT molecular complexity index is 640. The van der Waals surface area contributed by atoms with Gasteiger partial charge in [-0.25, -0.2) is 24.3 Å². The largest absolute Gasteiger partial charge is 0.354 e. The fourth-order valence-corrected chi connectivity index (χ4v) is 2.36. The minimum absolute atomic E-state index is 0.132. The second-order valence-corrected chi connectivity index (χ2v) is 4.89. The number of nitrogens with zero attached hydrogens (tertiary/aromatic N) is 4. The lowest BCUT2D eigenvalue weighted by molar-refractivity contribution is 0.578. The van der Waals surface area contributed by atoms with Gasteiger partial charge < -0.3 is 5.32 Å². The molecule has 0 aliphatic carbocycles. The van der Waals surface area contributed by atoms with Gasteiger partial charge in [-0.2, -0.15) is 0 Å². The number of H-pyrrole nitrogens is 1. The Hall–Kier alpha value is -1.90. The number of hydrogen-bond donors (Lipinski definition) is 2. The quantitative estimate of drug-likeness (QED) is 0.786. The van der Waals surface area contributed by atoms with Crippen LogP contribution in [-0.2, 0) is 6.54 Å². The molecule has 2 N–H and O–H groups in total. The third kappa shape index (κ3) is 3.16. The lowest BCUT2D eigenvalue weighted by Gasteiger charge is -2.06. The van der Waals surface area contributed by atoms with Crippen LogP contribution in [0.2, 0.25) is 0 Å². The smallest absolute Gasteiger partial charge is 0.343 e. The molecule has 0 saturated carbocycles. The molecular formula is C11H15FN6OS. The van der Waals surface area contributed by atoms with Crippen molar-refractivity contribution in [3.8, 4) is 0 Å². The average molecular weight is 298 g/mol. The van der Waals surface area contributed by atoms with E-state index >= 15 is 0 Å². The molecule has 0 aliphatic heterocycles. The fourth-order valence-electron chi connectivity index (χ4n) is 1.49. The zero-order chi connectivity index (χ0) is 14.5. The number of rotatable bonds is 6. The molecule has 2 aromatic rings. The summed E-state index contributed by atoms with van der Waals surface area (Å²) in [6.07, 6.45) is 2.02. The lowest BCUT2D eigenvalue weighted by atomic mass is 10.5. The molecule has 0 aliphatic rings. The maximum Gasteiger partial charge on any atom is 0.343 e. The summed E-state index contributed by atoms with van der Waals surface area (Å²) < 4.78 is 15.1. The molecule has 0 aromatic carbocycles. The molecule has 0 spiro atoms. The van der Waals surface area contributed by atoms with Crippen LogP contribution < -0.4 is 11.0 Å². The van der Waals surface area contributed by atoms with Crippen LogP contribution in [0.15, 0.2) is 21.2 Å². The molecule has 2 rings (SSSR count). The van der Waals surface area contributed by atoms with E-state index in [-0.39, 0.29) is 10.7 Å². The molecule has 0 unspecified atom stereocenters. The van der Waals surface area contributed by atoms with Gasteiger partial charge >= 0.3 is 5.69 Å². The average Bonchev–Trinajstić information content (AvgIpc) is 2.80. The summed E-state index contributed by atoms with van der Waals surface area (Å²) in [5.41, 5.74) is -0.325. The summed E-state index contributed by atoms with van der Waals surface area (Å²) in [7, 11) is 0. The SMILES string of the molecule is CCCNc1ncc(F)c(Sc2n[nH]c(=O)n2CC)n1. The Morgan fingerprint density at radius 3 is 3.00 bits per heavy atom. The number of halogens is 1. The first-order valence-electron chi connectivity index (χ1n) is 6.25. The maximum atomic E-state index is 13.7. The van der Waals surface area contributed by atoms with E-state index in [4.69, 9.17) is 0 Å². The van der Waals surface area contributed by atoms with E-state index in [1.54, 1.807) is 0 Å². The molecule has 108 valence electrons. The minimum Gasteiger partial charge on any atom is -0.354 e. The summed E-state index contributed by atoms with van der Waals surface area (Å²) >= 11 is 0.988. The van der Waals surface area contributed by atoms with Crippen molar-refractivity contribution in [2.45, 2.75) is 37.0 Å². The summed E-state index contributed by atoms with van der Waals surface area (Å²) in [5, 5.41) is 9.67. The Morgan fingerprint density at radius 1 is 1.50 bits per heavy atom. The van der Waals surface area contributed by atoms with Gasteiger partial charge in [-0.05, 0) is 25.1 Å².